The summed E-state index contributed by atoms with van der Waals surface area (Å²) in [6.07, 6.45) is 0.120. The zero-order chi connectivity index (χ0) is 6.41. The molecule has 0 aromatic carbocycles. The van der Waals surface area contributed by atoms with Crippen molar-refractivity contribution in [2.75, 3.05) is 11.2 Å². The van der Waals surface area contributed by atoms with Gasteiger partial charge >= 0.3 is 59.7 Å². The van der Waals surface area contributed by atoms with Crippen LogP contribution in [0.2, 0.25) is 0 Å². The number of aliphatic hydroxyl groups excluding tert-OH is 1. The number of aliphatic hydroxyl groups is 1. The molecule has 3 nitrogen and oxygen atoms in total. The van der Waals surface area contributed by atoms with Crippen LogP contribution in [0.3, 0.4) is 0 Å². The van der Waals surface area contributed by atoms with E-state index in [0.29, 0.717) is 6.54 Å². The van der Waals surface area contributed by atoms with Gasteiger partial charge in [-0.2, -0.15) is 0 Å². The minimum absolute atomic E-state index is 0.120. The minimum atomic E-state index is -0.443. The molecular weight excluding hydrogens is 221 g/mol. The predicted octanol–water partition coefficient (Wildman–Crippen LogP) is -3.70. The van der Waals surface area contributed by atoms with Gasteiger partial charge in [-0.05, 0) is 0 Å². The van der Waals surface area contributed by atoms with Crippen molar-refractivity contribution in [3.8, 4) is 0 Å². The molecule has 0 amide bonds. The molecule has 4 heteroatoms. The topological polar surface area (TPSA) is 55.5 Å². The molecule has 0 unspecified atom stereocenters. The molecule has 0 aromatic rings. The molecule has 0 aliphatic heterocycles. The average Bonchev–Trinajstić information content (AvgIpc) is 1.83. The zero-order valence-corrected chi connectivity index (χ0v) is 6.96. The van der Waals surface area contributed by atoms with Gasteiger partial charge in [0.15, 0.2) is 0 Å². The van der Waals surface area contributed by atoms with Crippen molar-refractivity contribution in [3.05, 3.63) is 0 Å². The Morgan fingerprint density at radius 1 is 1.88 bits per heavy atom. The van der Waals surface area contributed by atoms with Gasteiger partial charge in [-0.15, -0.1) is 0 Å². The molecule has 3 N–H and O–H groups in total. The molecule has 0 aromatic heterocycles. The number of hydrogen-bond acceptors (Lipinski definition) is 3. The fraction of sp³-hybridized carbons (Fsp3) is 1.00. The van der Waals surface area contributed by atoms with Gasteiger partial charge in [-0.1, -0.05) is 0 Å². The Kier molecular flexibility index (Phi) is 6.18. The van der Waals surface area contributed by atoms with Crippen molar-refractivity contribution in [3.63, 3.8) is 0 Å². The average molecular weight is 232 g/mol. The summed E-state index contributed by atoms with van der Waals surface area (Å²) in [5.41, 5.74) is 5.22. The number of rotatable bonds is 4. The summed E-state index contributed by atoms with van der Waals surface area (Å²) in [7, 11) is 0. The summed E-state index contributed by atoms with van der Waals surface area (Å²) >= 11 is -0.443. The maximum absolute atomic E-state index is 8.29. The van der Waals surface area contributed by atoms with Crippen molar-refractivity contribution >= 4 is 0 Å². The summed E-state index contributed by atoms with van der Waals surface area (Å²) < 4.78 is 5.26. The molecule has 0 heterocycles. The third-order valence-corrected chi connectivity index (χ3v) is 2.10. The fourth-order valence-electron chi connectivity index (χ4n) is 0.172. The summed E-state index contributed by atoms with van der Waals surface area (Å²) in [4.78, 5) is 0. The second kappa shape index (κ2) is 5.74. The van der Waals surface area contributed by atoms with Crippen LogP contribution in [0.15, 0.2) is 0 Å². The first kappa shape index (κ1) is 8.61. The number of nitrogens with two attached hydrogens (primary N) is 1. The summed E-state index contributed by atoms with van der Waals surface area (Å²) in [6.45, 7) is 2.44. The number of alkyl halides is 1. The Hall–Kier alpha value is 0.610. The second-order valence-electron chi connectivity index (χ2n) is 1.36. The molecule has 0 aliphatic rings. The first-order valence-corrected chi connectivity index (χ1v) is 4.77. The Bertz CT molecular complexity index is 53.3. The van der Waals surface area contributed by atoms with Gasteiger partial charge in [0, 0.05) is 0 Å². The van der Waals surface area contributed by atoms with Gasteiger partial charge in [0.05, 0.1) is 0 Å². The standard InChI is InChI=1S/C4H11INO2/c1-4(2-6)8-5-3-7/h4,7H,2-3,6H2,1H3/q-1/t4-/m0/s1. The van der Waals surface area contributed by atoms with E-state index in [2.05, 4.69) is 0 Å². The van der Waals surface area contributed by atoms with Crippen molar-refractivity contribution in [2.24, 2.45) is 5.73 Å². The van der Waals surface area contributed by atoms with Crippen molar-refractivity contribution in [2.45, 2.75) is 13.0 Å². The van der Waals surface area contributed by atoms with Gasteiger partial charge in [-0.25, -0.2) is 0 Å². The third kappa shape index (κ3) is 4.76. The first-order chi connectivity index (χ1) is 3.81. The zero-order valence-electron chi connectivity index (χ0n) is 4.80. The molecule has 0 spiro atoms. The molecule has 0 rings (SSSR count). The molecule has 0 bridgehead atoms. The Balaban J connectivity index is 2.86. The van der Waals surface area contributed by atoms with Crippen LogP contribution in [0.1, 0.15) is 6.92 Å². The van der Waals surface area contributed by atoms with Gasteiger partial charge in [0.25, 0.3) is 0 Å². The van der Waals surface area contributed by atoms with Crippen LogP contribution in [0.5, 0.6) is 0 Å². The molecule has 0 saturated carbocycles. The Morgan fingerprint density at radius 3 is 2.88 bits per heavy atom. The molecule has 0 radical (unpaired) electrons. The van der Waals surface area contributed by atoms with Crippen LogP contribution in [-0.4, -0.2) is 22.4 Å². The van der Waals surface area contributed by atoms with E-state index in [9.17, 15) is 0 Å². The molecular formula is C4H11INO2-. The van der Waals surface area contributed by atoms with Gasteiger partial charge < -0.3 is 0 Å². The summed E-state index contributed by atoms with van der Waals surface area (Å²) in [6, 6.07) is 0. The van der Waals surface area contributed by atoms with Crippen molar-refractivity contribution in [1.82, 2.24) is 0 Å². The van der Waals surface area contributed by atoms with E-state index in [1.807, 2.05) is 6.92 Å². The van der Waals surface area contributed by atoms with E-state index in [1.54, 1.807) is 0 Å². The van der Waals surface area contributed by atoms with Gasteiger partial charge in [0.2, 0.25) is 0 Å². The number of hydrogen-bond donors (Lipinski definition) is 2. The fourth-order valence-corrected chi connectivity index (χ4v) is 1.15. The van der Waals surface area contributed by atoms with E-state index in [-0.39, 0.29) is 10.7 Å². The van der Waals surface area contributed by atoms with Gasteiger partial charge in [-0.3, -0.25) is 0 Å². The van der Waals surface area contributed by atoms with E-state index >= 15 is 0 Å². The van der Waals surface area contributed by atoms with E-state index < -0.39 is 21.6 Å². The first-order valence-electron chi connectivity index (χ1n) is 2.37. The Labute approximate surface area is 60.0 Å². The van der Waals surface area contributed by atoms with E-state index in [0.717, 1.165) is 0 Å². The van der Waals surface area contributed by atoms with E-state index in [1.165, 1.54) is 0 Å². The SMILES string of the molecule is C[C@@H](CN)O[I-]CO. The summed E-state index contributed by atoms with van der Waals surface area (Å²) in [5.74, 6) is 0. The quantitative estimate of drug-likeness (QED) is 0.387. The van der Waals surface area contributed by atoms with Crippen molar-refractivity contribution < 1.29 is 29.8 Å². The number of halogens is 1. The van der Waals surface area contributed by atoms with Crippen molar-refractivity contribution in [1.29, 1.82) is 0 Å². The predicted molar refractivity (Wildman–Crippen MR) is 26.7 cm³/mol. The van der Waals surface area contributed by atoms with Crippen LogP contribution >= 0.6 is 0 Å². The third-order valence-electron chi connectivity index (χ3n) is 0.596. The molecule has 1 atom stereocenters. The maximum atomic E-state index is 8.29. The van der Waals surface area contributed by atoms with Crippen LogP contribution in [0, 0.1) is 0 Å². The van der Waals surface area contributed by atoms with Crippen LogP contribution in [-0.2, 0) is 3.07 Å². The normalized spacial score (nSPS) is 14.4. The second-order valence-corrected chi connectivity index (χ2v) is 3.18. The Morgan fingerprint density at radius 2 is 2.50 bits per heavy atom. The van der Waals surface area contributed by atoms with Crippen LogP contribution in [0.25, 0.3) is 0 Å². The van der Waals surface area contributed by atoms with E-state index in [4.69, 9.17) is 13.9 Å². The van der Waals surface area contributed by atoms with Crippen LogP contribution < -0.4 is 27.4 Å². The molecule has 52 valence electrons. The molecule has 0 fully saturated rings. The monoisotopic (exact) mass is 232 g/mol. The molecule has 8 heavy (non-hydrogen) atoms. The molecule has 0 saturated heterocycles. The van der Waals surface area contributed by atoms with Crippen LogP contribution in [0.4, 0.5) is 0 Å². The molecule has 0 aliphatic carbocycles. The van der Waals surface area contributed by atoms with Gasteiger partial charge in [0.1, 0.15) is 0 Å². The summed E-state index contributed by atoms with van der Waals surface area (Å²) in [5, 5.41) is 8.29.